The molecule has 0 radical (unpaired) electrons. The van der Waals surface area contributed by atoms with Gasteiger partial charge in [0.25, 0.3) is 0 Å². The SMILES string of the molecule is CCCC/C=C\C1=C[C@H](CO)OC1=O. The number of rotatable bonds is 5. The molecule has 78 valence electrons. The van der Waals surface area contributed by atoms with E-state index in [1.54, 1.807) is 12.2 Å². The first-order valence-electron chi connectivity index (χ1n) is 4.98. The number of carbonyl (C=O) groups is 1. The number of aliphatic hydroxyl groups excluding tert-OH is 1. The highest BCUT2D eigenvalue weighted by Crippen LogP contribution is 2.14. The Morgan fingerprint density at radius 1 is 1.64 bits per heavy atom. The first kappa shape index (κ1) is 11.0. The highest BCUT2D eigenvalue weighted by Gasteiger charge is 2.22. The summed E-state index contributed by atoms with van der Waals surface area (Å²) in [5.41, 5.74) is 0.556. The largest absolute Gasteiger partial charge is 0.452 e. The predicted molar refractivity (Wildman–Crippen MR) is 53.7 cm³/mol. The summed E-state index contributed by atoms with van der Waals surface area (Å²) in [7, 11) is 0. The number of hydrogen-bond acceptors (Lipinski definition) is 3. The van der Waals surface area contributed by atoms with Crippen LogP contribution in [0, 0.1) is 0 Å². The van der Waals surface area contributed by atoms with E-state index in [1.807, 2.05) is 6.08 Å². The third kappa shape index (κ3) is 3.00. The van der Waals surface area contributed by atoms with Crippen molar-refractivity contribution < 1.29 is 14.6 Å². The molecule has 0 aromatic rings. The lowest BCUT2D eigenvalue weighted by atomic mass is 10.2. The lowest BCUT2D eigenvalue weighted by Gasteiger charge is -2.00. The van der Waals surface area contributed by atoms with Crippen molar-refractivity contribution >= 4 is 5.97 Å². The molecule has 3 heteroatoms. The second kappa shape index (κ2) is 5.60. The Bertz CT molecular complexity index is 253. The summed E-state index contributed by atoms with van der Waals surface area (Å²) in [5.74, 6) is -0.336. The Morgan fingerprint density at radius 2 is 2.43 bits per heavy atom. The molecule has 0 spiro atoms. The zero-order chi connectivity index (χ0) is 10.4. The Kier molecular flexibility index (Phi) is 4.40. The number of unbranched alkanes of at least 4 members (excludes halogenated alkanes) is 2. The molecule has 1 aliphatic heterocycles. The topological polar surface area (TPSA) is 46.5 Å². The molecule has 0 aromatic heterocycles. The summed E-state index contributed by atoms with van der Waals surface area (Å²) in [6, 6.07) is 0. The maximum atomic E-state index is 11.2. The first-order chi connectivity index (χ1) is 6.77. The van der Waals surface area contributed by atoms with E-state index < -0.39 is 6.10 Å². The van der Waals surface area contributed by atoms with Gasteiger partial charge in [-0.3, -0.25) is 0 Å². The number of cyclic esters (lactones) is 1. The molecule has 0 bridgehead atoms. The first-order valence-corrected chi connectivity index (χ1v) is 4.98. The van der Waals surface area contributed by atoms with Crippen molar-refractivity contribution in [2.45, 2.75) is 32.3 Å². The van der Waals surface area contributed by atoms with Gasteiger partial charge >= 0.3 is 5.97 Å². The molecule has 0 saturated carbocycles. The van der Waals surface area contributed by atoms with Gasteiger partial charge in [-0.05, 0) is 12.5 Å². The summed E-state index contributed by atoms with van der Waals surface area (Å²) in [5, 5.41) is 8.77. The van der Waals surface area contributed by atoms with E-state index in [9.17, 15) is 4.79 Å². The molecule has 1 aliphatic rings. The molecule has 0 amide bonds. The third-order valence-electron chi connectivity index (χ3n) is 2.06. The van der Waals surface area contributed by atoms with Gasteiger partial charge in [0, 0.05) is 0 Å². The molecule has 0 unspecified atom stereocenters. The highest BCUT2D eigenvalue weighted by molar-refractivity contribution is 5.93. The molecular weight excluding hydrogens is 180 g/mol. The van der Waals surface area contributed by atoms with Gasteiger partial charge < -0.3 is 9.84 Å². The molecule has 14 heavy (non-hydrogen) atoms. The minimum absolute atomic E-state index is 0.141. The van der Waals surface area contributed by atoms with Crippen LogP contribution in [0.3, 0.4) is 0 Å². The molecule has 1 heterocycles. The van der Waals surface area contributed by atoms with E-state index in [0.717, 1.165) is 19.3 Å². The number of aliphatic hydroxyl groups is 1. The minimum Gasteiger partial charge on any atom is -0.452 e. The Morgan fingerprint density at radius 3 is 3.00 bits per heavy atom. The Labute approximate surface area is 84.1 Å². The fourth-order valence-electron chi connectivity index (χ4n) is 1.25. The third-order valence-corrected chi connectivity index (χ3v) is 2.06. The summed E-state index contributed by atoms with van der Waals surface area (Å²) >= 11 is 0. The van der Waals surface area contributed by atoms with Crippen LogP contribution in [-0.4, -0.2) is 23.8 Å². The zero-order valence-corrected chi connectivity index (χ0v) is 8.40. The fourth-order valence-corrected chi connectivity index (χ4v) is 1.25. The zero-order valence-electron chi connectivity index (χ0n) is 8.40. The normalized spacial score (nSPS) is 21.4. The van der Waals surface area contributed by atoms with E-state index in [4.69, 9.17) is 9.84 Å². The Balaban J connectivity index is 2.43. The van der Waals surface area contributed by atoms with E-state index >= 15 is 0 Å². The number of esters is 1. The molecule has 1 atom stereocenters. The smallest absolute Gasteiger partial charge is 0.338 e. The van der Waals surface area contributed by atoms with Crippen LogP contribution in [0.15, 0.2) is 23.8 Å². The maximum Gasteiger partial charge on any atom is 0.338 e. The second-order valence-corrected chi connectivity index (χ2v) is 3.29. The monoisotopic (exact) mass is 196 g/mol. The quantitative estimate of drug-likeness (QED) is 0.536. The van der Waals surface area contributed by atoms with Crippen LogP contribution < -0.4 is 0 Å². The van der Waals surface area contributed by atoms with Crippen molar-refractivity contribution in [2.24, 2.45) is 0 Å². The van der Waals surface area contributed by atoms with Crippen LogP contribution >= 0.6 is 0 Å². The van der Waals surface area contributed by atoms with Gasteiger partial charge in [0.1, 0.15) is 6.10 Å². The van der Waals surface area contributed by atoms with Gasteiger partial charge in [0.05, 0.1) is 12.2 Å². The van der Waals surface area contributed by atoms with Gasteiger partial charge in [-0.1, -0.05) is 31.9 Å². The number of hydrogen-bond donors (Lipinski definition) is 1. The van der Waals surface area contributed by atoms with Gasteiger partial charge in [0.15, 0.2) is 0 Å². The van der Waals surface area contributed by atoms with Crippen LogP contribution in [0.25, 0.3) is 0 Å². The Hall–Kier alpha value is -1.09. The molecule has 0 aliphatic carbocycles. The summed E-state index contributed by atoms with van der Waals surface area (Å²) in [6.45, 7) is 1.98. The van der Waals surface area contributed by atoms with Crippen molar-refractivity contribution in [3.63, 3.8) is 0 Å². The van der Waals surface area contributed by atoms with Gasteiger partial charge in [0.2, 0.25) is 0 Å². The standard InChI is InChI=1S/C11H16O3/c1-2-3-4-5-6-9-7-10(8-12)14-11(9)13/h5-7,10,12H,2-4,8H2,1H3/b6-5-/t10-/m1/s1. The van der Waals surface area contributed by atoms with Crippen molar-refractivity contribution in [2.75, 3.05) is 6.61 Å². The summed E-state index contributed by atoms with van der Waals surface area (Å²) in [6.07, 6.45) is 8.20. The molecule has 1 N–H and O–H groups in total. The van der Waals surface area contributed by atoms with Crippen molar-refractivity contribution in [3.8, 4) is 0 Å². The average Bonchev–Trinajstić information content (AvgIpc) is 2.54. The number of allylic oxidation sites excluding steroid dienone is 1. The fraction of sp³-hybridized carbons (Fsp3) is 0.545. The lowest BCUT2D eigenvalue weighted by Crippen LogP contribution is -2.11. The van der Waals surface area contributed by atoms with Crippen molar-refractivity contribution in [1.82, 2.24) is 0 Å². The van der Waals surface area contributed by atoms with Crippen molar-refractivity contribution in [1.29, 1.82) is 0 Å². The molecular formula is C11H16O3. The highest BCUT2D eigenvalue weighted by atomic mass is 16.6. The summed E-state index contributed by atoms with van der Waals surface area (Å²) < 4.78 is 4.85. The van der Waals surface area contributed by atoms with Crippen LogP contribution in [0.1, 0.15) is 26.2 Å². The van der Waals surface area contributed by atoms with Gasteiger partial charge in [-0.15, -0.1) is 0 Å². The molecule has 1 rings (SSSR count). The molecule has 0 aromatic carbocycles. The summed E-state index contributed by atoms with van der Waals surface area (Å²) in [4.78, 5) is 11.2. The molecule has 0 saturated heterocycles. The molecule has 0 fully saturated rings. The second-order valence-electron chi connectivity index (χ2n) is 3.29. The van der Waals surface area contributed by atoms with Crippen LogP contribution in [0.2, 0.25) is 0 Å². The van der Waals surface area contributed by atoms with E-state index in [0.29, 0.717) is 5.57 Å². The van der Waals surface area contributed by atoms with Crippen molar-refractivity contribution in [3.05, 3.63) is 23.8 Å². The predicted octanol–water partition coefficient (Wildman–Crippen LogP) is 1.58. The van der Waals surface area contributed by atoms with Gasteiger partial charge in [-0.25, -0.2) is 4.79 Å². The maximum absolute atomic E-state index is 11.2. The van der Waals surface area contributed by atoms with E-state index in [2.05, 4.69) is 6.92 Å². The van der Waals surface area contributed by atoms with E-state index in [1.165, 1.54) is 0 Å². The average molecular weight is 196 g/mol. The van der Waals surface area contributed by atoms with Gasteiger partial charge in [-0.2, -0.15) is 0 Å². The van der Waals surface area contributed by atoms with Crippen LogP contribution in [0.4, 0.5) is 0 Å². The van der Waals surface area contributed by atoms with Crippen LogP contribution in [0.5, 0.6) is 0 Å². The number of carbonyl (C=O) groups excluding carboxylic acids is 1. The van der Waals surface area contributed by atoms with Crippen LogP contribution in [-0.2, 0) is 9.53 Å². The number of ether oxygens (including phenoxy) is 1. The lowest BCUT2D eigenvalue weighted by molar-refractivity contribution is -0.140. The van der Waals surface area contributed by atoms with E-state index in [-0.39, 0.29) is 12.6 Å². The minimum atomic E-state index is -0.451. The molecule has 3 nitrogen and oxygen atoms in total.